The van der Waals surface area contributed by atoms with Gasteiger partial charge in [-0.3, -0.25) is 0 Å². The van der Waals surface area contributed by atoms with Crippen molar-refractivity contribution in [3.63, 3.8) is 0 Å². The molecule has 0 N–H and O–H groups in total. The minimum absolute atomic E-state index is 0.788. The Morgan fingerprint density at radius 3 is 3.17 bits per heavy atom. The molecule has 0 aliphatic carbocycles. The molecule has 0 spiro atoms. The zero-order valence-electron chi connectivity index (χ0n) is 7.25. The van der Waals surface area contributed by atoms with Crippen LogP contribution in [0.4, 0.5) is 0 Å². The highest BCUT2D eigenvalue weighted by atomic mass is 32.2. The fourth-order valence-corrected chi connectivity index (χ4v) is 1.32. The minimum atomic E-state index is 0.788. The van der Waals surface area contributed by atoms with Crippen LogP contribution in [0, 0.1) is 6.07 Å². The molecule has 0 fully saturated rings. The molecular formula is C10H13OS. The summed E-state index contributed by atoms with van der Waals surface area (Å²) in [6, 6.07) is 10.6. The Bertz CT molecular complexity index is 198. The number of rotatable bonds is 5. The lowest BCUT2D eigenvalue weighted by Crippen LogP contribution is -1.99. The molecule has 1 rings (SSSR count). The van der Waals surface area contributed by atoms with Crippen molar-refractivity contribution in [2.45, 2.75) is 6.92 Å². The van der Waals surface area contributed by atoms with Gasteiger partial charge in [0.2, 0.25) is 0 Å². The van der Waals surface area contributed by atoms with E-state index >= 15 is 0 Å². The summed E-state index contributed by atoms with van der Waals surface area (Å²) < 4.78 is 5.46. The number of hydrogen-bond acceptors (Lipinski definition) is 2. The van der Waals surface area contributed by atoms with Crippen molar-refractivity contribution in [2.75, 3.05) is 18.1 Å². The number of hydrogen-bond donors (Lipinski definition) is 0. The molecule has 0 saturated heterocycles. The lowest BCUT2D eigenvalue weighted by Gasteiger charge is -2.03. The molecule has 0 aliphatic rings. The van der Waals surface area contributed by atoms with E-state index in [9.17, 15) is 0 Å². The Morgan fingerprint density at radius 2 is 2.50 bits per heavy atom. The number of ether oxygens (including phenoxy) is 1. The van der Waals surface area contributed by atoms with E-state index in [0.29, 0.717) is 0 Å². The van der Waals surface area contributed by atoms with Crippen LogP contribution in [0.2, 0.25) is 0 Å². The van der Waals surface area contributed by atoms with Gasteiger partial charge in [0.25, 0.3) is 0 Å². The summed E-state index contributed by atoms with van der Waals surface area (Å²) >= 11 is 1.89. The summed E-state index contributed by atoms with van der Waals surface area (Å²) in [5, 5.41) is 0. The molecule has 1 aromatic carbocycles. The highest BCUT2D eigenvalue weighted by Gasteiger charge is 1.90. The molecule has 0 bridgehead atoms. The van der Waals surface area contributed by atoms with E-state index in [4.69, 9.17) is 4.74 Å². The van der Waals surface area contributed by atoms with E-state index in [1.807, 2.05) is 36.0 Å². The molecule has 12 heavy (non-hydrogen) atoms. The topological polar surface area (TPSA) is 9.23 Å². The summed E-state index contributed by atoms with van der Waals surface area (Å²) in [6.07, 6.45) is 0. The Labute approximate surface area is 78.1 Å². The van der Waals surface area contributed by atoms with Gasteiger partial charge in [-0.05, 0) is 24.0 Å². The zero-order valence-corrected chi connectivity index (χ0v) is 8.06. The Balaban J connectivity index is 2.16. The minimum Gasteiger partial charge on any atom is -0.493 e. The largest absolute Gasteiger partial charge is 0.493 e. The average Bonchev–Trinajstić information content (AvgIpc) is 2.14. The van der Waals surface area contributed by atoms with Gasteiger partial charge in [0, 0.05) is 5.75 Å². The predicted molar refractivity (Wildman–Crippen MR) is 53.8 cm³/mol. The van der Waals surface area contributed by atoms with Crippen LogP contribution in [0.3, 0.4) is 0 Å². The van der Waals surface area contributed by atoms with Gasteiger partial charge in [-0.1, -0.05) is 19.1 Å². The van der Waals surface area contributed by atoms with E-state index in [1.54, 1.807) is 0 Å². The van der Waals surface area contributed by atoms with Crippen molar-refractivity contribution < 1.29 is 4.74 Å². The molecule has 1 radical (unpaired) electrons. The van der Waals surface area contributed by atoms with Crippen molar-refractivity contribution in [2.24, 2.45) is 0 Å². The summed E-state index contributed by atoms with van der Waals surface area (Å²) in [5.74, 6) is 3.13. The number of thioether (sulfide) groups is 1. The maximum atomic E-state index is 5.46. The van der Waals surface area contributed by atoms with E-state index < -0.39 is 0 Å². The van der Waals surface area contributed by atoms with Crippen LogP contribution >= 0.6 is 11.8 Å². The summed E-state index contributed by atoms with van der Waals surface area (Å²) in [4.78, 5) is 0. The molecule has 0 aromatic heterocycles. The maximum Gasteiger partial charge on any atom is 0.119 e. The number of benzene rings is 1. The lowest BCUT2D eigenvalue weighted by molar-refractivity contribution is 0.344. The van der Waals surface area contributed by atoms with Gasteiger partial charge in [-0.25, -0.2) is 0 Å². The molecule has 1 aromatic rings. The van der Waals surface area contributed by atoms with Gasteiger partial charge in [0.05, 0.1) is 6.61 Å². The Kier molecular flexibility index (Phi) is 4.69. The quantitative estimate of drug-likeness (QED) is 0.646. The van der Waals surface area contributed by atoms with Crippen molar-refractivity contribution >= 4 is 11.8 Å². The Morgan fingerprint density at radius 1 is 1.58 bits per heavy atom. The van der Waals surface area contributed by atoms with Gasteiger partial charge in [-0.15, -0.1) is 0 Å². The van der Waals surface area contributed by atoms with Gasteiger partial charge < -0.3 is 4.74 Å². The van der Waals surface area contributed by atoms with Gasteiger partial charge >= 0.3 is 0 Å². The molecule has 2 heteroatoms. The van der Waals surface area contributed by atoms with Crippen molar-refractivity contribution in [3.05, 3.63) is 30.3 Å². The van der Waals surface area contributed by atoms with Gasteiger partial charge in [-0.2, -0.15) is 11.8 Å². The zero-order chi connectivity index (χ0) is 8.65. The van der Waals surface area contributed by atoms with Crippen LogP contribution in [-0.4, -0.2) is 18.1 Å². The first-order chi connectivity index (χ1) is 5.93. The normalized spacial score (nSPS) is 9.75. The van der Waals surface area contributed by atoms with E-state index in [0.717, 1.165) is 23.9 Å². The molecule has 0 heterocycles. The third-order valence-electron chi connectivity index (χ3n) is 1.38. The SMILES string of the molecule is CCSCCOc1c[c]ccc1. The fraction of sp³-hybridized carbons (Fsp3) is 0.400. The van der Waals surface area contributed by atoms with Crippen LogP contribution in [0.15, 0.2) is 24.3 Å². The molecule has 0 saturated carbocycles. The van der Waals surface area contributed by atoms with Crippen molar-refractivity contribution in [1.29, 1.82) is 0 Å². The molecule has 0 amide bonds. The first-order valence-corrected chi connectivity index (χ1v) is 5.25. The first kappa shape index (κ1) is 9.46. The predicted octanol–water partition coefficient (Wildman–Crippen LogP) is 2.62. The smallest absolute Gasteiger partial charge is 0.119 e. The van der Waals surface area contributed by atoms with Crippen molar-refractivity contribution in [1.82, 2.24) is 0 Å². The molecule has 1 nitrogen and oxygen atoms in total. The molecule has 65 valence electrons. The monoisotopic (exact) mass is 181 g/mol. The van der Waals surface area contributed by atoms with E-state index in [-0.39, 0.29) is 0 Å². The standard InChI is InChI=1S/C10H13OS/c1-2-12-9-8-11-10-6-4-3-5-7-10/h3-4,6-7H,2,8-9H2,1H3. The highest BCUT2D eigenvalue weighted by Crippen LogP contribution is 2.08. The van der Waals surface area contributed by atoms with Crippen LogP contribution in [-0.2, 0) is 0 Å². The lowest BCUT2D eigenvalue weighted by atomic mass is 10.3. The fourth-order valence-electron chi connectivity index (χ4n) is 0.829. The second-order valence-electron chi connectivity index (χ2n) is 2.28. The second-order valence-corrected chi connectivity index (χ2v) is 3.68. The van der Waals surface area contributed by atoms with Gasteiger partial charge in [0.1, 0.15) is 5.75 Å². The Hall–Kier alpha value is -0.630. The van der Waals surface area contributed by atoms with Crippen LogP contribution in [0.1, 0.15) is 6.92 Å². The van der Waals surface area contributed by atoms with Crippen molar-refractivity contribution in [3.8, 4) is 5.75 Å². The molecule has 0 aliphatic heterocycles. The van der Waals surface area contributed by atoms with Gasteiger partial charge in [0.15, 0.2) is 0 Å². The van der Waals surface area contributed by atoms with Crippen LogP contribution in [0.25, 0.3) is 0 Å². The first-order valence-electron chi connectivity index (χ1n) is 4.10. The summed E-state index contributed by atoms with van der Waals surface area (Å²) in [7, 11) is 0. The second kappa shape index (κ2) is 5.95. The van der Waals surface area contributed by atoms with E-state index in [2.05, 4.69) is 13.0 Å². The average molecular weight is 181 g/mol. The summed E-state index contributed by atoms with van der Waals surface area (Å²) in [6.45, 7) is 2.94. The molecular weight excluding hydrogens is 168 g/mol. The third-order valence-corrected chi connectivity index (χ3v) is 2.24. The van der Waals surface area contributed by atoms with E-state index in [1.165, 1.54) is 0 Å². The maximum absolute atomic E-state index is 5.46. The van der Waals surface area contributed by atoms with Crippen LogP contribution in [0.5, 0.6) is 5.75 Å². The third kappa shape index (κ3) is 3.67. The highest BCUT2D eigenvalue weighted by molar-refractivity contribution is 7.99. The molecule has 0 atom stereocenters. The molecule has 0 unspecified atom stereocenters. The van der Waals surface area contributed by atoms with Crippen LogP contribution < -0.4 is 4.74 Å². The summed E-state index contributed by atoms with van der Waals surface area (Å²) in [5.41, 5.74) is 0.